The van der Waals surface area contributed by atoms with Gasteiger partial charge in [-0.2, -0.15) is 4.52 Å². The number of hydrogen-bond acceptors (Lipinski definition) is 6. The van der Waals surface area contributed by atoms with Crippen molar-refractivity contribution in [2.24, 2.45) is 0 Å². The molecule has 7 nitrogen and oxygen atoms in total. The number of rotatable bonds is 1. The van der Waals surface area contributed by atoms with Crippen molar-refractivity contribution in [1.29, 1.82) is 0 Å². The van der Waals surface area contributed by atoms with Gasteiger partial charge in [-0.15, -0.1) is 5.10 Å². The summed E-state index contributed by atoms with van der Waals surface area (Å²) >= 11 is 0. The monoisotopic (exact) mass is 267 g/mol. The lowest BCUT2D eigenvalue weighted by Gasteiger charge is -2.30. The summed E-state index contributed by atoms with van der Waals surface area (Å²) in [5.41, 5.74) is 10.1. The number of tetrazole rings is 1. The quantitative estimate of drug-likeness (QED) is 0.652. The van der Waals surface area contributed by atoms with Crippen LogP contribution in [-0.2, 0) is 13.0 Å². The zero-order valence-electron chi connectivity index (χ0n) is 10.8. The molecule has 20 heavy (non-hydrogen) atoms. The Kier molecular flexibility index (Phi) is 2.32. The molecule has 0 atom stereocenters. The van der Waals surface area contributed by atoms with Crippen LogP contribution in [0.2, 0.25) is 0 Å². The van der Waals surface area contributed by atoms with E-state index in [9.17, 15) is 0 Å². The molecule has 0 spiro atoms. The zero-order valence-corrected chi connectivity index (χ0v) is 10.8. The zero-order chi connectivity index (χ0) is 13.5. The number of nitrogens with two attached hydrogens (primary N) is 1. The summed E-state index contributed by atoms with van der Waals surface area (Å²) in [5.74, 6) is 0.890. The summed E-state index contributed by atoms with van der Waals surface area (Å²) in [6, 6.07) is 6.09. The first kappa shape index (κ1) is 11.2. The fraction of sp³-hybridized carbons (Fsp3) is 0.231. The van der Waals surface area contributed by atoms with Crippen LogP contribution in [0.5, 0.6) is 0 Å². The van der Waals surface area contributed by atoms with Crippen molar-refractivity contribution in [1.82, 2.24) is 25.0 Å². The molecule has 0 bridgehead atoms. The van der Waals surface area contributed by atoms with Crippen LogP contribution in [0.25, 0.3) is 5.65 Å². The first-order valence-electron chi connectivity index (χ1n) is 6.46. The number of fused-ring (bicyclic) bond motifs is 2. The van der Waals surface area contributed by atoms with Gasteiger partial charge in [-0.25, -0.2) is 0 Å². The van der Waals surface area contributed by atoms with Crippen LogP contribution in [-0.4, -0.2) is 31.6 Å². The molecule has 2 aromatic heterocycles. The van der Waals surface area contributed by atoms with E-state index in [0.29, 0.717) is 5.65 Å². The van der Waals surface area contributed by atoms with Gasteiger partial charge in [-0.3, -0.25) is 4.98 Å². The molecule has 2 N–H and O–H groups in total. The van der Waals surface area contributed by atoms with E-state index in [-0.39, 0.29) is 0 Å². The van der Waals surface area contributed by atoms with E-state index in [1.807, 2.05) is 12.1 Å². The number of anilines is 2. The predicted octanol–water partition coefficient (Wildman–Crippen LogP) is 0.664. The second-order valence-corrected chi connectivity index (χ2v) is 4.87. The fourth-order valence-electron chi connectivity index (χ4n) is 2.68. The normalized spacial score (nSPS) is 14.5. The van der Waals surface area contributed by atoms with Gasteiger partial charge in [-0.1, -0.05) is 12.1 Å². The number of hydrogen-bond donors (Lipinski definition) is 1. The maximum absolute atomic E-state index is 6.08. The van der Waals surface area contributed by atoms with Crippen molar-refractivity contribution in [3.05, 3.63) is 41.7 Å². The number of aromatic nitrogens is 5. The molecule has 0 radical (unpaired) electrons. The summed E-state index contributed by atoms with van der Waals surface area (Å²) in [4.78, 5) is 6.41. The summed E-state index contributed by atoms with van der Waals surface area (Å²) in [6.45, 7) is 1.65. The molecule has 4 rings (SSSR count). The van der Waals surface area contributed by atoms with Crippen molar-refractivity contribution in [2.45, 2.75) is 13.0 Å². The molecule has 3 heterocycles. The van der Waals surface area contributed by atoms with E-state index in [0.717, 1.165) is 31.0 Å². The fourth-order valence-corrected chi connectivity index (χ4v) is 2.68. The molecule has 0 unspecified atom stereocenters. The van der Waals surface area contributed by atoms with E-state index >= 15 is 0 Å². The summed E-state index contributed by atoms with van der Waals surface area (Å²) in [5, 5.41) is 11.6. The van der Waals surface area contributed by atoms with Gasteiger partial charge in [-0.05, 0) is 34.0 Å². The van der Waals surface area contributed by atoms with Crippen LogP contribution >= 0.6 is 0 Å². The minimum absolute atomic E-state index is 0.648. The molecule has 1 aromatic carbocycles. The van der Waals surface area contributed by atoms with Gasteiger partial charge in [0, 0.05) is 18.8 Å². The van der Waals surface area contributed by atoms with Crippen molar-refractivity contribution >= 4 is 17.2 Å². The van der Waals surface area contributed by atoms with Gasteiger partial charge in [0.1, 0.15) is 0 Å². The SMILES string of the molecule is Nc1cccc2c1CN(c1cncc3nnnn13)CC2. The Morgan fingerprint density at radius 3 is 3.10 bits per heavy atom. The predicted molar refractivity (Wildman–Crippen MR) is 74.2 cm³/mol. The van der Waals surface area contributed by atoms with E-state index in [2.05, 4.69) is 31.5 Å². The van der Waals surface area contributed by atoms with E-state index < -0.39 is 0 Å². The summed E-state index contributed by atoms with van der Waals surface area (Å²) < 4.78 is 1.71. The third-order valence-electron chi connectivity index (χ3n) is 3.72. The van der Waals surface area contributed by atoms with Crippen LogP contribution in [0.3, 0.4) is 0 Å². The maximum Gasteiger partial charge on any atom is 0.199 e. The first-order valence-corrected chi connectivity index (χ1v) is 6.46. The van der Waals surface area contributed by atoms with Crippen molar-refractivity contribution in [2.75, 3.05) is 17.2 Å². The Balaban J connectivity index is 1.78. The van der Waals surface area contributed by atoms with Gasteiger partial charge in [0.05, 0.1) is 12.4 Å². The van der Waals surface area contributed by atoms with Crippen molar-refractivity contribution < 1.29 is 0 Å². The highest BCUT2D eigenvalue weighted by Crippen LogP contribution is 2.27. The number of nitrogen functional groups attached to an aromatic ring is 1. The van der Waals surface area contributed by atoms with Gasteiger partial charge < -0.3 is 10.6 Å². The molecular weight excluding hydrogens is 254 g/mol. The van der Waals surface area contributed by atoms with Gasteiger partial charge >= 0.3 is 0 Å². The summed E-state index contributed by atoms with van der Waals surface area (Å²) in [7, 11) is 0. The van der Waals surface area contributed by atoms with Crippen LogP contribution in [0, 0.1) is 0 Å². The number of nitrogens with zero attached hydrogens (tertiary/aromatic N) is 6. The van der Waals surface area contributed by atoms with Gasteiger partial charge in [0.15, 0.2) is 11.5 Å². The van der Waals surface area contributed by atoms with Crippen molar-refractivity contribution in [3.8, 4) is 0 Å². The molecule has 0 saturated carbocycles. The molecule has 1 aliphatic heterocycles. The second-order valence-electron chi connectivity index (χ2n) is 4.87. The minimum atomic E-state index is 0.648. The van der Waals surface area contributed by atoms with Crippen LogP contribution < -0.4 is 10.6 Å². The molecular formula is C13H13N7. The van der Waals surface area contributed by atoms with Crippen LogP contribution in [0.4, 0.5) is 11.5 Å². The Labute approximate surface area is 115 Å². The maximum atomic E-state index is 6.08. The van der Waals surface area contributed by atoms with E-state index in [4.69, 9.17) is 5.73 Å². The molecule has 0 saturated heterocycles. The molecule has 100 valence electrons. The van der Waals surface area contributed by atoms with Crippen LogP contribution in [0.15, 0.2) is 30.6 Å². The standard InChI is InChI=1S/C13H13N7/c14-11-3-1-2-9-4-5-19(8-10(9)11)13-7-15-6-12-16-17-18-20(12)13/h1-3,6-7H,4-5,8,14H2. The van der Waals surface area contributed by atoms with Crippen molar-refractivity contribution in [3.63, 3.8) is 0 Å². The van der Waals surface area contributed by atoms with Gasteiger partial charge in [0.2, 0.25) is 0 Å². The highest BCUT2D eigenvalue weighted by atomic mass is 15.5. The smallest absolute Gasteiger partial charge is 0.199 e. The average molecular weight is 267 g/mol. The third kappa shape index (κ3) is 1.59. The van der Waals surface area contributed by atoms with E-state index in [1.165, 1.54) is 11.1 Å². The minimum Gasteiger partial charge on any atom is -0.398 e. The number of benzene rings is 1. The lowest BCUT2D eigenvalue weighted by molar-refractivity contribution is 0.694. The average Bonchev–Trinajstić information content (AvgIpc) is 2.96. The topological polar surface area (TPSA) is 85.2 Å². The third-order valence-corrected chi connectivity index (χ3v) is 3.72. The molecule has 0 fully saturated rings. The molecule has 0 aliphatic carbocycles. The highest BCUT2D eigenvalue weighted by Gasteiger charge is 2.20. The highest BCUT2D eigenvalue weighted by molar-refractivity contribution is 5.56. The largest absolute Gasteiger partial charge is 0.398 e. The van der Waals surface area contributed by atoms with Crippen LogP contribution in [0.1, 0.15) is 11.1 Å². The Morgan fingerprint density at radius 1 is 1.20 bits per heavy atom. The summed E-state index contributed by atoms with van der Waals surface area (Å²) in [6.07, 6.45) is 4.39. The second kappa shape index (κ2) is 4.16. The Hall–Kier alpha value is -2.70. The lowest BCUT2D eigenvalue weighted by Crippen LogP contribution is -2.32. The van der Waals surface area contributed by atoms with E-state index in [1.54, 1.807) is 16.9 Å². The molecule has 7 heteroatoms. The molecule has 3 aromatic rings. The first-order chi connectivity index (χ1) is 9.83. The molecule has 0 amide bonds. The Bertz CT molecular complexity index is 779. The Morgan fingerprint density at radius 2 is 2.15 bits per heavy atom. The lowest BCUT2D eigenvalue weighted by atomic mass is 9.98. The molecule has 1 aliphatic rings. The van der Waals surface area contributed by atoms with Gasteiger partial charge in [0.25, 0.3) is 0 Å².